The third-order valence-electron chi connectivity index (χ3n) is 1.20. The van der Waals surface area contributed by atoms with Gasteiger partial charge < -0.3 is 5.73 Å². The molecular formula is C6H4F2I2N2. The molecule has 0 aliphatic carbocycles. The highest BCUT2D eigenvalue weighted by Gasteiger charge is 2.12. The van der Waals surface area contributed by atoms with Gasteiger partial charge in [-0.25, -0.2) is 13.8 Å². The minimum atomic E-state index is -2.53. The Morgan fingerprint density at radius 3 is 2.42 bits per heavy atom. The molecule has 1 heterocycles. The van der Waals surface area contributed by atoms with Gasteiger partial charge in [-0.2, -0.15) is 0 Å². The van der Waals surface area contributed by atoms with Crippen molar-refractivity contribution in [2.45, 2.75) is 6.43 Å². The highest BCUT2D eigenvalue weighted by Crippen LogP contribution is 2.25. The van der Waals surface area contributed by atoms with Gasteiger partial charge in [-0.1, -0.05) is 0 Å². The van der Waals surface area contributed by atoms with Crippen LogP contribution in [0.25, 0.3) is 0 Å². The van der Waals surface area contributed by atoms with Gasteiger partial charge >= 0.3 is 0 Å². The summed E-state index contributed by atoms with van der Waals surface area (Å²) in [6.07, 6.45) is -2.53. The first-order chi connectivity index (χ1) is 5.52. The van der Waals surface area contributed by atoms with Gasteiger partial charge in [0.2, 0.25) is 0 Å². The molecule has 1 rings (SSSR count). The van der Waals surface area contributed by atoms with E-state index in [1.54, 1.807) is 0 Å². The molecule has 0 aromatic carbocycles. The number of aromatic nitrogens is 1. The van der Waals surface area contributed by atoms with E-state index in [9.17, 15) is 8.78 Å². The second-order valence-electron chi connectivity index (χ2n) is 2.03. The molecule has 2 nitrogen and oxygen atoms in total. The quantitative estimate of drug-likeness (QED) is 0.586. The average molecular weight is 396 g/mol. The van der Waals surface area contributed by atoms with Crippen molar-refractivity contribution in [2.24, 2.45) is 0 Å². The third-order valence-corrected chi connectivity index (χ3v) is 2.92. The van der Waals surface area contributed by atoms with Gasteiger partial charge in [0.05, 0.1) is 5.69 Å². The third kappa shape index (κ3) is 2.15. The Morgan fingerprint density at radius 1 is 1.42 bits per heavy atom. The molecule has 66 valence electrons. The first kappa shape index (κ1) is 10.4. The lowest BCUT2D eigenvalue weighted by molar-refractivity contribution is 0.146. The predicted octanol–water partition coefficient (Wildman–Crippen LogP) is 2.81. The standard InChI is InChI=1S/C6H4F2I2N2/c7-5(8)3-1-2(9)4(11)6(10)12-3/h1,5H,11H2. The Balaban J connectivity index is 3.21. The van der Waals surface area contributed by atoms with Gasteiger partial charge in [0.25, 0.3) is 6.43 Å². The van der Waals surface area contributed by atoms with Crippen molar-refractivity contribution in [2.75, 3.05) is 5.73 Å². The van der Waals surface area contributed by atoms with Crippen LogP contribution in [0.5, 0.6) is 0 Å². The lowest BCUT2D eigenvalue weighted by Gasteiger charge is -2.04. The summed E-state index contributed by atoms with van der Waals surface area (Å²) in [5.41, 5.74) is 5.76. The Hall–Kier alpha value is 0.270. The Kier molecular flexibility index (Phi) is 3.44. The lowest BCUT2D eigenvalue weighted by Crippen LogP contribution is -2.00. The van der Waals surface area contributed by atoms with Gasteiger partial charge in [-0.15, -0.1) is 0 Å². The second kappa shape index (κ2) is 3.99. The molecule has 0 saturated carbocycles. The predicted molar refractivity (Wildman–Crippen MR) is 59.0 cm³/mol. The largest absolute Gasteiger partial charge is 0.396 e. The SMILES string of the molecule is Nc1c(I)cc(C(F)F)nc1I. The second-order valence-corrected chi connectivity index (χ2v) is 4.22. The minimum absolute atomic E-state index is 0.224. The number of nitrogens with zero attached hydrogens (tertiary/aromatic N) is 1. The highest BCUT2D eigenvalue weighted by molar-refractivity contribution is 14.1. The van der Waals surface area contributed by atoms with Crippen molar-refractivity contribution in [3.05, 3.63) is 19.0 Å². The first-order valence-electron chi connectivity index (χ1n) is 2.92. The van der Waals surface area contributed by atoms with Crippen LogP contribution in [0.4, 0.5) is 14.5 Å². The van der Waals surface area contributed by atoms with Crippen molar-refractivity contribution in [1.29, 1.82) is 0 Å². The van der Waals surface area contributed by atoms with Gasteiger partial charge in [-0.05, 0) is 51.2 Å². The number of nitrogens with two attached hydrogens (primary N) is 1. The summed E-state index contributed by atoms with van der Waals surface area (Å²) in [5, 5.41) is 0. The summed E-state index contributed by atoms with van der Waals surface area (Å²) in [7, 11) is 0. The molecular weight excluding hydrogens is 392 g/mol. The van der Waals surface area contributed by atoms with Crippen LogP contribution in [0.15, 0.2) is 6.07 Å². The zero-order chi connectivity index (χ0) is 9.30. The highest BCUT2D eigenvalue weighted by atomic mass is 127. The molecule has 1 aromatic heterocycles. The summed E-state index contributed by atoms with van der Waals surface area (Å²) in [5.74, 6) is 0. The molecule has 0 aliphatic rings. The van der Waals surface area contributed by atoms with Gasteiger partial charge in [-0.3, -0.25) is 0 Å². The summed E-state index contributed by atoms with van der Waals surface area (Å²) < 4.78 is 25.3. The number of alkyl halides is 2. The van der Waals surface area contributed by atoms with Crippen molar-refractivity contribution >= 4 is 50.9 Å². The van der Waals surface area contributed by atoms with Crippen LogP contribution in [0.3, 0.4) is 0 Å². The number of pyridine rings is 1. The Labute approximate surface area is 95.2 Å². The summed E-state index contributed by atoms with van der Waals surface area (Å²) in [4.78, 5) is 3.64. The molecule has 0 unspecified atom stereocenters. The van der Waals surface area contributed by atoms with Gasteiger partial charge in [0.1, 0.15) is 9.39 Å². The lowest BCUT2D eigenvalue weighted by atomic mass is 10.3. The maximum absolute atomic E-state index is 12.1. The number of nitrogen functional groups attached to an aromatic ring is 1. The van der Waals surface area contributed by atoms with Crippen LogP contribution in [-0.4, -0.2) is 4.98 Å². The maximum atomic E-state index is 12.1. The smallest absolute Gasteiger partial charge is 0.280 e. The summed E-state index contributed by atoms with van der Waals surface area (Å²) in [6, 6.07) is 1.29. The molecule has 2 N–H and O–H groups in total. The van der Waals surface area contributed by atoms with E-state index in [0.717, 1.165) is 0 Å². The van der Waals surface area contributed by atoms with Crippen LogP contribution in [-0.2, 0) is 0 Å². The maximum Gasteiger partial charge on any atom is 0.280 e. The van der Waals surface area contributed by atoms with Crippen molar-refractivity contribution < 1.29 is 8.78 Å². The summed E-state index contributed by atoms with van der Waals surface area (Å²) in [6.45, 7) is 0. The fourth-order valence-corrected chi connectivity index (χ4v) is 2.28. The van der Waals surface area contributed by atoms with Crippen molar-refractivity contribution in [3.8, 4) is 0 Å². The van der Waals surface area contributed by atoms with Crippen molar-refractivity contribution in [3.63, 3.8) is 0 Å². The van der Waals surface area contributed by atoms with Crippen LogP contribution >= 0.6 is 45.2 Å². The van der Waals surface area contributed by atoms with Gasteiger partial charge in [0.15, 0.2) is 0 Å². The number of anilines is 1. The van der Waals surface area contributed by atoms with E-state index < -0.39 is 6.43 Å². The van der Waals surface area contributed by atoms with Crippen molar-refractivity contribution in [1.82, 2.24) is 4.98 Å². The molecule has 0 radical (unpaired) electrons. The normalized spacial score (nSPS) is 10.8. The monoisotopic (exact) mass is 396 g/mol. The topological polar surface area (TPSA) is 38.9 Å². The Morgan fingerprint density at radius 2 is 2.00 bits per heavy atom. The molecule has 0 amide bonds. The molecule has 0 spiro atoms. The fourth-order valence-electron chi connectivity index (χ4n) is 0.624. The van der Waals surface area contributed by atoms with E-state index in [1.807, 2.05) is 45.2 Å². The van der Waals surface area contributed by atoms with Crippen LogP contribution in [0, 0.1) is 7.27 Å². The summed E-state index contributed by atoms with van der Waals surface area (Å²) >= 11 is 3.74. The Bertz CT molecular complexity index is 281. The van der Waals surface area contributed by atoms with Gasteiger partial charge in [0, 0.05) is 3.57 Å². The number of rotatable bonds is 1. The minimum Gasteiger partial charge on any atom is -0.396 e. The number of halogens is 4. The van der Waals surface area contributed by atoms with E-state index in [4.69, 9.17) is 5.73 Å². The van der Waals surface area contributed by atoms with E-state index in [2.05, 4.69) is 4.98 Å². The number of hydrogen-bond acceptors (Lipinski definition) is 2. The average Bonchev–Trinajstić information content (AvgIpc) is 1.99. The fraction of sp³-hybridized carbons (Fsp3) is 0.167. The van der Waals surface area contributed by atoms with Crippen LogP contribution in [0.2, 0.25) is 0 Å². The molecule has 0 fully saturated rings. The molecule has 12 heavy (non-hydrogen) atoms. The van der Waals surface area contributed by atoms with E-state index in [0.29, 0.717) is 13.0 Å². The van der Waals surface area contributed by atoms with Crippen LogP contribution < -0.4 is 5.73 Å². The molecule has 0 bridgehead atoms. The molecule has 0 atom stereocenters. The van der Waals surface area contributed by atoms with E-state index in [-0.39, 0.29) is 5.69 Å². The zero-order valence-corrected chi connectivity index (χ0v) is 10.0. The molecule has 1 aromatic rings. The van der Waals surface area contributed by atoms with E-state index >= 15 is 0 Å². The van der Waals surface area contributed by atoms with Crippen LogP contribution in [0.1, 0.15) is 12.1 Å². The molecule has 6 heteroatoms. The molecule has 0 saturated heterocycles. The number of hydrogen-bond donors (Lipinski definition) is 1. The van der Waals surface area contributed by atoms with E-state index in [1.165, 1.54) is 6.07 Å². The molecule has 0 aliphatic heterocycles. The first-order valence-corrected chi connectivity index (χ1v) is 5.07. The zero-order valence-electron chi connectivity index (χ0n) is 5.69.